The van der Waals surface area contributed by atoms with E-state index in [-0.39, 0.29) is 5.41 Å². The molecule has 0 amide bonds. The largest absolute Gasteiger partial charge is 0.0758 e. The second-order valence-electron chi connectivity index (χ2n) is 7.68. The van der Waals surface area contributed by atoms with Crippen molar-refractivity contribution in [3.63, 3.8) is 0 Å². The summed E-state index contributed by atoms with van der Waals surface area (Å²) in [6, 6.07) is 32.9. The van der Waals surface area contributed by atoms with E-state index in [4.69, 9.17) is 0 Å². The molecule has 0 heterocycles. The van der Waals surface area contributed by atoms with E-state index >= 15 is 0 Å². The molecular formula is C28H28. The molecule has 0 saturated carbocycles. The molecule has 3 aromatic carbocycles. The number of benzene rings is 3. The molecule has 140 valence electrons. The lowest BCUT2D eigenvalue weighted by Crippen LogP contribution is -2.34. The molecule has 1 atom stereocenters. The molecule has 0 heteroatoms. The van der Waals surface area contributed by atoms with Crippen LogP contribution in [0.25, 0.3) is 5.57 Å². The van der Waals surface area contributed by atoms with Gasteiger partial charge in [0.05, 0.1) is 0 Å². The topological polar surface area (TPSA) is 0 Å². The van der Waals surface area contributed by atoms with Crippen molar-refractivity contribution in [2.45, 2.75) is 31.6 Å². The lowest BCUT2D eigenvalue weighted by atomic mass is 9.63. The van der Waals surface area contributed by atoms with Gasteiger partial charge in [-0.2, -0.15) is 0 Å². The lowest BCUT2D eigenvalue weighted by Gasteiger charge is -2.39. The Morgan fingerprint density at radius 3 is 1.79 bits per heavy atom. The number of hydrogen-bond donors (Lipinski definition) is 0. The van der Waals surface area contributed by atoms with E-state index in [0.717, 1.165) is 6.42 Å². The third kappa shape index (κ3) is 3.47. The predicted molar refractivity (Wildman–Crippen MR) is 120 cm³/mol. The molecular weight excluding hydrogens is 336 g/mol. The Balaban J connectivity index is 1.86. The van der Waals surface area contributed by atoms with Gasteiger partial charge in [0.15, 0.2) is 0 Å². The van der Waals surface area contributed by atoms with Crippen molar-refractivity contribution in [2.24, 2.45) is 5.92 Å². The molecule has 0 bridgehead atoms. The van der Waals surface area contributed by atoms with Gasteiger partial charge in [-0.1, -0.05) is 129 Å². The first-order valence-corrected chi connectivity index (χ1v) is 10.4. The fourth-order valence-corrected chi connectivity index (χ4v) is 4.58. The SMILES string of the molecule is CCCCC(c1ccccc1)(c1ccccc1)C1C=CC(c2ccccc2)=C1. The van der Waals surface area contributed by atoms with Gasteiger partial charge in [-0.25, -0.2) is 0 Å². The van der Waals surface area contributed by atoms with Crippen LogP contribution in [0.1, 0.15) is 42.9 Å². The van der Waals surface area contributed by atoms with Gasteiger partial charge in [-0.3, -0.25) is 0 Å². The maximum atomic E-state index is 2.48. The summed E-state index contributed by atoms with van der Waals surface area (Å²) in [5.41, 5.74) is 5.42. The molecule has 0 saturated heterocycles. The van der Waals surface area contributed by atoms with Crippen molar-refractivity contribution < 1.29 is 0 Å². The third-order valence-corrected chi connectivity index (χ3v) is 6.02. The number of hydrogen-bond acceptors (Lipinski definition) is 0. The molecule has 0 aromatic heterocycles. The first-order valence-electron chi connectivity index (χ1n) is 10.4. The van der Waals surface area contributed by atoms with Crippen molar-refractivity contribution in [3.05, 3.63) is 126 Å². The highest BCUT2D eigenvalue weighted by atomic mass is 14.4. The predicted octanol–water partition coefficient (Wildman–Crippen LogP) is 7.43. The van der Waals surface area contributed by atoms with Gasteiger partial charge < -0.3 is 0 Å². The average Bonchev–Trinajstić information content (AvgIpc) is 3.27. The molecule has 4 rings (SSSR count). The van der Waals surface area contributed by atoms with Crippen molar-refractivity contribution in [2.75, 3.05) is 0 Å². The van der Waals surface area contributed by atoms with E-state index < -0.39 is 0 Å². The third-order valence-electron chi connectivity index (χ3n) is 6.02. The van der Waals surface area contributed by atoms with E-state index in [1.165, 1.54) is 35.1 Å². The van der Waals surface area contributed by atoms with Crippen LogP contribution in [0.3, 0.4) is 0 Å². The van der Waals surface area contributed by atoms with E-state index in [2.05, 4.69) is 116 Å². The van der Waals surface area contributed by atoms with Gasteiger partial charge in [0.25, 0.3) is 0 Å². The van der Waals surface area contributed by atoms with Crippen LogP contribution in [-0.2, 0) is 5.41 Å². The fraction of sp³-hybridized carbons (Fsp3) is 0.214. The monoisotopic (exact) mass is 364 g/mol. The van der Waals surface area contributed by atoms with Crippen LogP contribution in [0, 0.1) is 5.92 Å². The van der Waals surface area contributed by atoms with E-state index in [1.54, 1.807) is 0 Å². The summed E-state index contributed by atoms with van der Waals surface area (Å²) in [4.78, 5) is 0. The second-order valence-corrected chi connectivity index (χ2v) is 7.68. The summed E-state index contributed by atoms with van der Waals surface area (Å²) in [7, 11) is 0. The smallest absolute Gasteiger partial charge is 0.0300 e. The minimum Gasteiger partial charge on any atom is -0.0758 e. The number of rotatable bonds is 7. The Kier molecular flexibility index (Phi) is 5.58. The van der Waals surface area contributed by atoms with Crippen LogP contribution >= 0.6 is 0 Å². The van der Waals surface area contributed by atoms with Crippen LogP contribution in [0.15, 0.2) is 109 Å². The van der Waals surface area contributed by atoms with Crippen molar-refractivity contribution >= 4 is 5.57 Å². The van der Waals surface area contributed by atoms with Crippen molar-refractivity contribution in [3.8, 4) is 0 Å². The molecule has 0 nitrogen and oxygen atoms in total. The normalized spacial score (nSPS) is 16.2. The van der Waals surface area contributed by atoms with Crippen LogP contribution in [0.4, 0.5) is 0 Å². The highest BCUT2D eigenvalue weighted by Gasteiger charge is 2.40. The summed E-state index contributed by atoms with van der Waals surface area (Å²) < 4.78 is 0. The zero-order valence-corrected chi connectivity index (χ0v) is 16.6. The van der Waals surface area contributed by atoms with Crippen LogP contribution in [0.5, 0.6) is 0 Å². The molecule has 0 aliphatic heterocycles. The summed E-state index contributed by atoms with van der Waals surface area (Å²) >= 11 is 0. The van der Waals surface area contributed by atoms with E-state index in [1.807, 2.05) is 0 Å². The Bertz CT molecular complexity index is 894. The molecule has 28 heavy (non-hydrogen) atoms. The van der Waals surface area contributed by atoms with Gasteiger partial charge in [-0.05, 0) is 28.7 Å². The summed E-state index contributed by atoms with van der Waals surface area (Å²) in [5.74, 6) is 0.346. The minimum absolute atomic E-state index is 0.0362. The fourth-order valence-electron chi connectivity index (χ4n) is 4.58. The van der Waals surface area contributed by atoms with Gasteiger partial charge in [0.1, 0.15) is 0 Å². The Morgan fingerprint density at radius 1 is 0.714 bits per heavy atom. The number of allylic oxidation sites excluding steroid dienone is 4. The van der Waals surface area contributed by atoms with Gasteiger partial charge in [-0.15, -0.1) is 0 Å². The Morgan fingerprint density at radius 2 is 1.25 bits per heavy atom. The van der Waals surface area contributed by atoms with E-state index in [9.17, 15) is 0 Å². The van der Waals surface area contributed by atoms with Crippen molar-refractivity contribution in [1.82, 2.24) is 0 Å². The zero-order valence-electron chi connectivity index (χ0n) is 16.6. The van der Waals surface area contributed by atoms with Gasteiger partial charge in [0.2, 0.25) is 0 Å². The zero-order chi connectivity index (χ0) is 19.2. The van der Waals surface area contributed by atoms with Crippen molar-refractivity contribution in [1.29, 1.82) is 0 Å². The second kappa shape index (κ2) is 8.44. The highest BCUT2D eigenvalue weighted by molar-refractivity contribution is 5.77. The molecule has 0 radical (unpaired) electrons. The summed E-state index contributed by atoms with van der Waals surface area (Å²) in [6.45, 7) is 2.29. The lowest BCUT2D eigenvalue weighted by molar-refractivity contribution is 0.394. The minimum atomic E-state index is -0.0362. The van der Waals surface area contributed by atoms with Crippen LogP contribution in [-0.4, -0.2) is 0 Å². The quantitative estimate of drug-likeness (QED) is 0.409. The highest BCUT2D eigenvalue weighted by Crippen LogP contribution is 2.47. The first kappa shape index (κ1) is 18.5. The van der Waals surface area contributed by atoms with Gasteiger partial charge in [0, 0.05) is 11.3 Å². The molecule has 1 aliphatic carbocycles. The molecule has 3 aromatic rings. The molecule has 0 fully saturated rings. The standard InChI is InChI=1S/C28H28/c1-2-3-21-28(25-15-9-5-10-16-25,26-17-11-6-12-18-26)27-20-19-24(22-27)23-13-7-4-8-14-23/h4-20,22,27H,2-3,21H2,1H3. The molecule has 0 spiro atoms. The first-order chi connectivity index (χ1) is 13.8. The van der Waals surface area contributed by atoms with Crippen LogP contribution < -0.4 is 0 Å². The molecule has 1 unspecified atom stereocenters. The Labute approximate surface area is 169 Å². The maximum Gasteiger partial charge on any atom is 0.0300 e. The molecule has 0 N–H and O–H groups in total. The average molecular weight is 365 g/mol. The van der Waals surface area contributed by atoms with Gasteiger partial charge >= 0.3 is 0 Å². The summed E-state index contributed by atoms with van der Waals surface area (Å²) in [5, 5.41) is 0. The maximum absolute atomic E-state index is 2.48. The molecule has 1 aliphatic rings. The Hall–Kier alpha value is -2.86. The van der Waals surface area contributed by atoms with Crippen LogP contribution in [0.2, 0.25) is 0 Å². The summed E-state index contributed by atoms with van der Waals surface area (Å²) in [6.07, 6.45) is 10.8. The van der Waals surface area contributed by atoms with E-state index in [0.29, 0.717) is 5.92 Å². The number of unbranched alkanes of at least 4 members (excludes halogenated alkanes) is 1.